The van der Waals surface area contributed by atoms with Gasteiger partial charge in [0.2, 0.25) is 0 Å². The molecule has 0 saturated heterocycles. The molecule has 0 radical (unpaired) electrons. The number of hydrogen-bond acceptors (Lipinski definition) is 2. The highest BCUT2D eigenvalue weighted by Gasteiger charge is 2.09. The van der Waals surface area contributed by atoms with Crippen LogP contribution in [0.25, 0.3) is 0 Å². The first-order valence-corrected chi connectivity index (χ1v) is 7.00. The highest BCUT2D eigenvalue weighted by molar-refractivity contribution is 7.99. The van der Waals surface area contributed by atoms with E-state index < -0.39 is 0 Å². The van der Waals surface area contributed by atoms with Crippen LogP contribution in [0, 0.1) is 5.82 Å². The third-order valence-corrected chi connectivity index (χ3v) is 3.62. The number of halogens is 1. The molecule has 1 N–H and O–H groups in total. The predicted molar refractivity (Wildman–Crippen MR) is 70.4 cm³/mol. The average Bonchev–Trinajstić information content (AvgIpc) is 2.29. The largest absolute Gasteiger partial charge is 0.310 e. The second-order valence-corrected chi connectivity index (χ2v) is 4.89. The molecule has 0 aliphatic rings. The van der Waals surface area contributed by atoms with E-state index in [2.05, 4.69) is 19.2 Å². The van der Waals surface area contributed by atoms with Crippen molar-refractivity contribution in [3.63, 3.8) is 0 Å². The molecule has 1 rings (SSSR count). The Bertz CT molecular complexity index is 286. The zero-order chi connectivity index (χ0) is 11.8. The van der Waals surface area contributed by atoms with Gasteiger partial charge < -0.3 is 5.32 Å². The van der Waals surface area contributed by atoms with Crippen molar-refractivity contribution in [3.8, 4) is 0 Å². The molecule has 90 valence electrons. The van der Waals surface area contributed by atoms with Crippen LogP contribution in [0.15, 0.2) is 24.3 Å². The van der Waals surface area contributed by atoms with Crippen molar-refractivity contribution >= 4 is 11.8 Å². The molecule has 0 spiro atoms. The minimum Gasteiger partial charge on any atom is -0.310 e. The van der Waals surface area contributed by atoms with Gasteiger partial charge in [-0.1, -0.05) is 26.0 Å². The molecule has 1 atom stereocenters. The first-order chi connectivity index (χ1) is 7.77. The van der Waals surface area contributed by atoms with E-state index in [0.717, 1.165) is 12.3 Å². The van der Waals surface area contributed by atoms with Crippen LogP contribution in [-0.4, -0.2) is 18.1 Å². The lowest BCUT2D eigenvalue weighted by Crippen LogP contribution is -2.23. The summed E-state index contributed by atoms with van der Waals surface area (Å²) < 4.78 is 12.8. The van der Waals surface area contributed by atoms with Crippen LogP contribution in [0.2, 0.25) is 0 Å². The molecular formula is C13H20FNS. The first kappa shape index (κ1) is 13.5. The molecule has 1 aromatic carbocycles. The Morgan fingerprint density at radius 2 is 1.94 bits per heavy atom. The average molecular weight is 241 g/mol. The third-order valence-electron chi connectivity index (χ3n) is 2.36. The lowest BCUT2D eigenvalue weighted by molar-refractivity contribution is 0.598. The summed E-state index contributed by atoms with van der Waals surface area (Å²) in [6.07, 6.45) is 1.20. The highest BCUT2D eigenvalue weighted by atomic mass is 32.2. The lowest BCUT2D eigenvalue weighted by Gasteiger charge is -2.17. The molecule has 1 unspecified atom stereocenters. The fourth-order valence-electron chi connectivity index (χ4n) is 1.56. The van der Waals surface area contributed by atoms with E-state index in [4.69, 9.17) is 0 Å². The second-order valence-electron chi connectivity index (χ2n) is 3.74. The summed E-state index contributed by atoms with van der Waals surface area (Å²) >= 11 is 1.94. The standard InChI is InChI=1S/C13H20FNS/c1-3-9-16-10-13(15-4-2)11-5-7-12(14)8-6-11/h5-8,13,15H,3-4,9-10H2,1-2H3. The Balaban J connectivity index is 2.57. The van der Waals surface area contributed by atoms with Gasteiger partial charge in [0, 0.05) is 11.8 Å². The van der Waals surface area contributed by atoms with Crippen molar-refractivity contribution in [2.75, 3.05) is 18.1 Å². The van der Waals surface area contributed by atoms with Crippen molar-refractivity contribution in [2.45, 2.75) is 26.3 Å². The van der Waals surface area contributed by atoms with Gasteiger partial charge in [0.1, 0.15) is 5.82 Å². The Morgan fingerprint density at radius 3 is 2.50 bits per heavy atom. The molecule has 1 aromatic rings. The van der Waals surface area contributed by atoms with Gasteiger partial charge in [-0.05, 0) is 36.4 Å². The van der Waals surface area contributed by atoms with Gasteiger partial charge in [0.25, 0.3) is 0 Å². The maximum absolute atomic E-state index is 12.8. The van der Waals surface area contributed by atoms with E-state index in [0.29, 0.717) is 6.04 Å². The summed E-state index contributed by atoms with van der Waals surface area (Å²) in [7, 11) is 0. The Kier molecular flexibility index (Phi) is 6.50. The topological polar surface area (TPSA) is 12.0 Å². The molecule has 0 aliphatic heterocycles. The summed E-state index contributed by atoms with van der Waals surface area (Å²) in [4.78, 5) is 0. The minimum absolute atomic E-state index is 0.166. The number of hydrogen-bond donors (Lipinski definition) is 1. The van der Waals surface area contributed by atoms with Crippen LogP contribution in [0.4, 0.5) is 4.39 Å². The zero-order valence-electron chi connectivity index (χ0n) is 10.0. The van der Waals surface area contributed by atoms with Crippen molar-refractivity contribution < 1.29 is 4.39 Å². The van der Waals surface area contributed by atoms with Gasteiger partial charge in [-0.15, -0.1) is 0 Å². The predicted octanol–water partition coefficient (Wildman–Crippen LogP) is 3.62. The van der Waals surface area contributed by atoms with E-state index in [9.17, 15) is 4.39 Å². The molecule has 3 heteroatoms. The molecule has 0 bridgehead atoms. The molecule has 0 aliphatic carbocycles. The van der Waals surface area contributed by atoms with Gasteiger partial charge in [-0.3, -0.25) is 0 Å². The molecule has 16 heavy (non-hydrogen) atoms. The smallest absolute Gasteiger partial charge is 0.123 e. The van der Waals surface area contributed by atoms with Crippen LogP contribution in [0.3, 0.4) is 0 Å². The van der Waals surface area contributed by atoms with Crippen molar-refractivity contribution in [1.82, 2.24) is 5.32 Å². The Hall–Kier alpha value is -0.540. The van der Waals surface area contributed by atoms with Crippen LogP contribution >= 0.6 is 11.8 Å². The van der Waals surface area contributed by atoms with Gasteiger partial charge in [-0.25, -0.2) is 4.39 Å². The van der Waals surface area contributed by atoms with Gasteiger partial charge in [0.15, 0.2) is 0 Å². The maximum Gasteiger partial charge on any atom is 0.123 e. The van der Waals surface area contributed by atoms with Gasteiger partial charge in [-0.2, -0.15) is 11.8 Å². The summed E-state index contributed by atoms with van der Waals surface area (Å²) in [6, 6.07) is 7.14. The molecule has 0 heterocycles. The molecule has 0 aromatic heterocycles. The third kappa shape index (κ3) is 4.54. The van der Waals surface area contributed by atoms with Crippen LogP contribution in [0.1, 0.15) is 31.9 Å². The summed E-state index contributed by atoms with van der Waals surface area (Å²) in [6.45, 7) is 5.23. The van der Waals surface area contributed by atoms with E-state index in [1.807, 2.05) is 23.9 Å². The van der Waals surface area contributed by atoms with Crippen molar-refractivity contribution in [3.05, 3.63) is 35.6 Å². The first-order valence-electron chi connectivity index (χ1n) is 5.84. The van der Waals surface area contributed by atoms with Gasteiger partial charge in [0.05, 0.1) is 0 Å². The van der Waals surface area contributed by atoms with E-state index in [-0.39, 0.29) is 5.82 Å². The molecule has 1 nitrogen and oxygen atoms in total. The van der Waals surface area contributed by atoms with Gasteiger partial charge >= 0.3 is 0 Å². The van der Waals surface area contributed by atoms with Crippen molar-refractivity contribution in [1.29, 1.82) is 0 Å². The Labute approximate surface area is 102 Å². The monoisotopic (exact) mass is 241 g/mol. The summed E-state index contributed by atoms with van der Waals surface area (Å²) in [5.74, 6) is 2.07. The molecule has 0 fully saturated rings. The number of thioether (sulfide) groups is 1. The summed E-state index contributed by atoms with van der Waals surface area (Å²) in [5.41, 5.74) is 1.17. The van der Waals surface area contributed by atoms with Crippen LogP contribution in [0.5, 0.6) is 0 Å². The molecule has 0 saturated carbocycles. The number of rotatable bonds is 7. The van der Waals surface area contributed by atoms with Crippen LogP contribution in [-0.2, 0) is 0 Å². The highest BCUT2D eigenvalue weighted by Crippen LogP contribution is 2.19. The normalized spacial score (nSPS) is 12.7. The number of nitrogens with one attached hydrogen (secondary N) is 1. The second kappa shape index (κ2) is 7.69. The van der Waals surface area contributed by atoms with Crippen LogP contribution < -0.4 is 5.32 Å². The fraction of sp³-hybridized carbons (Fsp3) is 0.538. The zero-order valence-corrected chi connectivity index (χ0v) is 10.8. The molecule has 0 amide bonds. The number of benzene rings is 1. The SMILES string of the molecule is CCCSCC(NCC)c1ccc(F)cc1. The van der Waals surface area contributed by atoms with E-state index in [1.165, 1.54) is 29.9 Å². The Morgan fingerprint density at radius 1 is 1.25 bits per heavy atom. The quantitative estimate of drug-likeness (QED) is 0.732. The van der Waals surface area contributed by atoms with Crippen molar-refractivity contribution in [2.24, 2.45) is 0 Å². The lowest BCUT2D eigenvalue weighted by atomic mass is 10.1. The molecular weight excluding hydrogens is 221 g/mol. The fourth-order valence-corrected chi connectivity index (χ4v) is 2.56. The van der Waals surface area contributed by atoms with E-state index >= 15 is 0 Å². The maximum atomic E-state index is 12.8. The van der Waals surface area contributed by atoms with E-state index in [1.54, 1.807) is 0 Å². The minimum atomic E-state index is -0.166. The summed E-state index contributed by atoms with van der Waals surface area (Å²) in [5, 5.41) is 3.43.